The van der Waals surface area contributed by atoms with Gasteiger partial charge in [0.25, 0.3) is 0 Å². The highest BCUT2D eigenvalue weighted by Crippen LogP contribution is 2.34. The minimum Gasteiger partial charge on any atom is -0.301 e. The summed E-state index contributed by atoms with van der Waals surface area (Å²) in [6, 6.07) is 14.2. The molecular formula is C19H14FN3OS3. The number of rotatable bonds is 4. The Bertz CT molecular complexity index is 1000. The number of hydrogen-bond donors (Lipinski definition) is 1. The molecule has 0 aliphatic carbocycles. The molecule has 0 radical (unpaired) electrons. The molecule has 3 aromatic rings. The van der Waals surface area contributed by atoms with Crippen LogP contribution >= 0.6 is 34.9 Å². The molecule has 0 bridgehead atoms. The Morgan fingerprint density at radius 2 is 2.00 bits per heavy atom. The van der Waals surface area contributed by atoms with Crippen LogP contribution in [-0.2, 0) is 10.5 Å². The average molecular weight is 416 g/mol. The predicted octanol–water partition coefficient (Wildman–Crippen LogP) is 5.56. The maximum Gasteiger partial charge on any atom is 0.236 e. The van der Waals surface area contributed by atoms with Gasteiger partial charge in [-0.25, -0.2) is 14.4 Å². The average Bonchev–Trinajstić information content (AvgIpc) is 3.15. The maximum atomic E-state index is 13.0. The lowest BCUT2D eigenvalue weighted by atomic mass is 10.2. The number of fused-ring (bicyclic) bond motifs is 1. The number of nitrogens with one attached hydrogen (secondary N) is 1. The Hall–Kier alpha value is -2.16. The van der Waals surface area contributed by atoms with E-state index in [9.17, 15) is 9.18 Å². The van der Waals surface area contributed by atoms with Crippen LogP contribution in [0.2, 0.25) is 0 Å². The van der Waals surface area contributed by atoms with Gasteiger partial charge in [0.2, 0.25) is 5.91 Å². The first kappa shape index (κ1) is 18.2. The quantitative estimate of drug-likeness (QED) is 0.606. The number of aliphatic imine (C=N–C) groups is 1. The molecule has 0 fully saturated rings. The number of carbonyl (C=O) groups excluding carboxylic acids is 1. The van der Waals surface area contributed by atoms with Crippen molar-refractivity contribution in [3.8, 4) is 11.3 Å². The van der Waals surface area contributed by atoms with Crippen LogP contribution < -0.4 is 5.32 Å². The van der Waals surface area contributed by atoms with E-state index in [-0.39, 0.29) is 17.5 Å². The summed E-state index contributed by atoms with van der Waals surface area (Å²) in [5.41, 5.74) is 3.72. The zero-order valence-corrected chi connectivity index (χ0v) is 16.5. The van der Waals surface area contributed by atoms with E-state index < -0.39 is 0 Å². The highest BCUT2D eigenvalue weighted by Gasteiger charge is 2.15. The molecule has 4 rings (SSSR count). The fourth-order valence-electron chi connectivity index (χ4n) is 2.45. The van der Waals surface area contributed by atoms with Crippen molar-refractivity contribution in [1.82, 2.24) is 4.98 Å². The third-order valence-corrected chi connectivity index (χ3v) is 6.77. The molecule has 0 saturated carbocycles. The highest BCUT2D eigenvalue weighted by atomic mass is 32.2. The van der Waals surface area contributed by atoms with Crippen molar-refractivity contribution in [1.29, 1.82) is 0 Å². The summed E-state index contributed by atoms with van der Waals surface area (Å²) in [7, 11) is 0. The Morgan fingerprint density at radius 1 is 1.19 bits per heavy atom. The standard InChI is InChI=1S/C19H14FN3OS3/c20-14-7-5-12(6-8-14)16-10-25-18(21-16)23-17(24)11-27-19-22-15-4-2-1-3-13(15)9-26-19/h1-8,10H,9,11H2,(H,21,23,24). The normalized spacial score (nSPS) is 13.0. The minimum atomic E-state index is -0.286. The van der Waals surface area contributed by atoms with E-state index in [2.05, 4.69) is 21.4 Å². The Labute approximate surface area is 168 Å². The summed E-state index contributed by atoms with van der Waals surface area (Å²) in [5.74, 6) is 0.740. The van der Waals surface area contributed by atoms with Gasteiger partial charge < -0.3 is 5.32 Å². The molecule has 0 saturated heterocycles. The summed E-state index contributed by atoms with van der Waals surface area (Å²) in [4.78, 5) is 21.2. The maximum absolute atomic E-state index is 13.0. The second kappa shape index (κ2) is 8.24. The lowest BCUT2D eigenvalue weighted by Gasteiger charge is -2.13. The molecule has 0 spiro atoms. The van der Waals surface area contributed by atoms with Gasteiger partial charge in [0.1, 0.15) is 10.2 Å². The summed E-state index contributed by atoms with van der Waals surface area (Å²) in [5, 5.41) is 5.18. The predicted molar refractivity (Wildman–Crippen MR) is 113 cm³/mol. The summed E-state index contributed by atoms with van der Waals surface area (Å²) < 4.78 is 13.9. The number of aromatic nitrogens is 1. The number of amides is 1. The van der Waals surface area contributed by atoms with E-state index in [4.69, 9.17) is 0 Å². The number of carbonyl (C=O) groups is 1. The fourth-order valence-corrected chi connectivity index (χ4v) is 5.05. The number of nitrogens with zero attached hydrogens (tertiary/aromatic N) is 2. The van der Waals surface area contributed by atoms with E-state index >= 15 is 0 Å². The molecule has 8 heteroatoms. The zero-order chi connectivity index (χ0) is 18.6. The molecule has 4 nitrogen and oxygen atoms in total. The second-order valence-corrected chi connectivity index (χ2v) is 8.72. The summed E-state index contributed by atoms with van der Waals surface area (Å²) in [6.07, 6.45) is 0. The van der Waals surface area contributed by atoms with Gasteiger partial charge in [0.15, 0.2) is 5.13 Å². The molecule has 2 heterocycles. The molecule has 0 unspecified atom stereocenters. The van der Waals surface area contributed by atoms with E-state index in [0.717, 1.165) is 21.4 Å². The lowest BCUT2D eigenvalue weighted by molar-refractivity contribution is -0.113. The van der Waals surface area contributed by atoms with Crippen LogP contribution in [0.1, 0.15) is 5.56 Å². The van der Waals surface area contributed by atoms with Crippen molar-refractivity contribution in [2.45, 2.75) is 5.75 Å². The van der Waals surface area contributed by atoms with E-state index in [0.29, 0.717) is 10.8 Å². The van der Waals surface area contributed by atoms with Crippen LogP contribution in [0.3, 0.4) is 0 Å². The second-order valence-electron chi connectivity index (χ2n) is 5.68. The highest BCUT2D eigenvalue weighted by molar-refractivity contribution is 8.38. The summed E-state index contributed by atoms with van der Waals surface area (Å²) >= 11 is 4.42. The molecule has 1 aliphatic heterocycles. The van der Waals surface area contributed by atoms with Gasteiger partial charge in [-0.2, -0.15) is 0 Å². The molecule has 1 amide bonds. The van der Waals surface area contributed by atoms with Crippen molar-refractivity contribution in [3.63, 3.8) is 0 Å². The van der Waals surface area contributed by atoms with Gasteiger partial charge in [-0.05, 0) is 35.9 Å². The van der Waals surface area contributed by atoms with E-state index in [1.54, 1.807) is 23.9 Å². The van der Waals surface area contributed by atoms with Gasteiger partial charge in [0.05, 0.1) is 17.1 Å². The summed E-state index contributed by atoms with van der Waals surface area (Å²) in [6.45, 7) is 0. The minimum absolute atomic E-state index is 0.123. The molecule has 0 atom stereocenters. The lowest BCUT2D eigenvalue weighted by Crippen LogP contribution is -2.15. The molecule has 1 aromatic heterocycles. The van der Waals surface area contributed by atoms with Crippen molar-refractivity contribution >= 4 is 56.0 Å². The van der Waals surface area contributed by atoms with Crippen molar-refractivity contribution in [3.05, 3.63) is 65.3 Å². The Kier molecular flexibility index (Phi) is 5.56. The van der Waals surface area contributed by atoms with Gasteiger partial charge in [-0.3, -0.25) is 4.79 Å². The van der Waals surface area contributed by atoms with Crippen LogP contribution in [0, 0.1) is 5.82 Å². The molecule has 136 valence electrons. The smallest absolute Gasteiger partial charge is 0.236 e. The number of para-hydroxylation sites is 1. The first-order valence-corrected chi connectivity index (χ1v) is 11.0. The fraction of sp³-hybridized carbons (Fsp3) is 0.105. The largest absolute Gasteiger partial charge is 0.301 e. The molecule has 27 heavy (non-hydrogen) atoms. The van der Waals surface area contributed by atoms with Gasteiger partial charge in [-0.1, -0.05) is 41.7 Å². The van der Waals surface area contributed by atoms with Gasteiger partial charge in [-0.15, -0.1) is 11.3 Å². The SMILES string of the molecule is O=C(CSC1=Nc2ccccc2CS1)Nc1nc(-c2ccc(F)cc2)cs1. The number of halogens is 1. The Morgan fingerprint density at radius 3 is 2.85 bits per heavy atom. The van der Waals surface area contributed by atoms with Crippen molar-refractivity contribution in [2.24, 2.45) is 4.99 Å². The monoisotopic (exact) mass is 415 g/mol. The number of anilines is 1. The number of benzene rings is 2. The third kappa shape index (κ3) is 4.58. The molecule has 1 N–H and O–H groups in total. The number of thioether (sulfide) groups is 2. The Balaban J connectivity index is 1.34. The molecular weight excluding hydrogens is 401 g/mol. The van der Waals surface area contributed by atoms with Crippen LogP contribution in [0.15, 0.2) is 58.9 Å². The van der Waals surface area contributed by atoms with Gasteiger partial charge in [0, 0.05) is 16.7 Å². The van der Waals surface area contributed by atoms with Gasteiger partial charge >= 0.3 is 0 Å². The van der Waals surface area contributed by atoms with E-state index in [1.165, 1.54) is 40.8 Å². The molecule has 2 aromatic carbocycles. The van der Waals surface area contributed by atoms with Crippen LogP contribution in [0.5, 0.6) is 0 Å². The topological polar surface area (TPSA) is 54.4 Å². The zero-order valence-electron chi connectivity index (χ0n) is 14.0. The third-order valence-electron chi connectivity index (χ3n) is 3.77. The van der Waals surface area contributed by atoms with Crippen molar-refractivity contribution < 1.29 is 9.18 Å². The molecule has 1 aliphatic rings. The van der Waals surface area contributed by atoms with Crippen LogP contribution in [0.25, 0.3) is 11.3 Å². The van der Waals surface area contributed by atoms with Crippen molar-refractivity contribution in [2.75, 3.05) is 11.1 Å². The van der Waals surface area contributed by atoms with E-state index in [1.807, 2.05) is 23.6 Å². The van der Waals surface area contributed by atoms with Crippen LogP contribution in [-0.4, -0.2) is 21.0 Å². The first-order chi connectivity index (χ1) is 13.2. The first-order valence-electron chi connectivity index (χ1n) is 8.11. The van der Waals surface area contributed by atoms with Crippen LogP contribution in [0.4, 0.5) is 15.2 Å². The number of thiazole rings is 1. The number of hydrogen-bond acceptors (Lipinski definition) is 6.